The van der Waals surface area contributed by atoms with Crippen molar-refractivity contribution in [1.29, 1.82) is 0 Å². The van der Waals surface area contributed by atoms with Gasteiger partial charge in [0.1, 0.15) is 12.6 Å². The van der Waals surface area contributed by atoms with Crippen LogP contribution in [0.3, 0.4) is 0 Å². The largest absolute Gasteiger partial charge is 0.752 e. The van der Waals surface area contributed by atoms with E-state index in [1.165, 1.54) is 96.3 Å². The number of phosphoric acid groups is 1. The third kappa shape index (κ3) is 10.1. The van der Waals surface area contributed by atoms with Crippen molar-refractivity contribution < 1.29 is 23.3 Å². The molecule has 0 amide bonds. The highest BCUT2D eigenvalue weighted by molar-refractivity contribution is 7.45. The third-order valence-corrected chi connectivity index (χ3v) is 8.29. The second kappa shape index (κ2) is 14.3. The summed E-state index contributed by atoms with van der Waals surface area (Å²) in [6.45, 7) is 3.02. The summed E-state index contributed by atoms with van der Waals surface area (Å²) < 4.78 is 22.6. The summed E-state index contributed by atoms with van der Waals surface area (Å²) >= 11 is 0. The minimum absolute atomic E-state index is 0.173. The minimum Gasteiger partial charge on any atom is -0.752 e. The first-order valence-electron chi connectivity index (χ1n) is 13.0. The molecule has 5 nitrogen and oxygen atoms in total. The Bertz CT molecular complexity index is 504. The Morgan fingerprint density at radius 1 is 0.833 bits per heavy atom. The van der Waals surface area contributed by atoms with Crippen molar-refractivity contribution >= 4 is 7.82 Å². The number of hydrogen-bond acceptors (Lipinski definition) is 4. The van der Waals surface area contributed by atoms with E-state index < -0.39 is 7.82 Å². The van der Waals surface area contributed by atoms with E-state index >= 15 is 0 Å². The predicted octanol–water partition coefficient (Wildman–Crippen LogP) is 7.05. The van der Waals surface area contributed by atoms with Crippen molar-refractivity contribution in [3.05, 3.63) is 0 Å². The highest BCUT2D eigenvalue weighted by Gasteiger charge is 2.48. The van der Waals surface area contributed by atoms with Gasteiger partial charge in [-0.3, -0.25) is 4.57 Å². The van der Waals surface area contributed by atoms with Crippen LogP contribution in [0.2, 0.25) is 0 Å². The SMILES string of the molecule is CCCCCCCCCCCCCCCCCCC1CC2CC[N+]1(C)OP(=O)([O-])O2. The molecule has 3 heterocycles. The zero-order valence-electron chi connectivity index (χ0n) is 19.8. The molecule has 0 spiro atoms. The van der Waals surface area contributed by atoms with Crippen LogP contribution in [-0.2, 0) is 13.7 Å². The zero-order chi connectivity index (χ0) is 21.7. The van der Waals surface area contributed by atoms with Gasteiger partial charge in [0.25, 0.3) is 0 Å². The summed E-state index contributed by atoms with van der Waals surface area (Å²) in [7, 11) is -2.23. The molecule has 0 aromatic carbocycles. The number of nitrogens with zero attached hydrogens (tertiary/aromatic N) is 1. The van der Waals surface area contributed by atoms with Gasteiger partial charge >= 0.3 is 7.82 Å². The molecular formula is C24H48NO4P. The van der Waals surface area contributed by atoms with E-state index in [2.05, 4.69) is 6.92 Å². The van der Waals surface area contributed by atoms with Gasteiger partial charge in [-0.1, -0.05) is 103 Å². The quantitative estimate of drug-likeness (QED) is 0.137. The van der Waals surface area contributed by atoms with Crippen molar-refractivity contribution in [1.82, 2.24) is 0 Å². The maximum Gasteiger partial charge on any atom is 0.325 e. The molecule has 2 bridgehead atoms. The lowest BCUT2D eigenvalue weighted by Crippen LogP contribution is -2.55. The molecule has 3 aliphatic rings. The molecule has 3 rings (SSSR count). The van der Waals surface area contributed by atoms with Crippen molar-refractivity contribution in [3.63, 3.8) is 0 Å². The van der Waals surface area contributed by atoms with E-state index in [4.69, 9.17) is 9.15 Å². The normalized spacial score (nSPS) is 31.2. The van der Waals surface area contributed by atoms with Gasteiger partial charge in [0.2, 0.25) is 0 Å². The average Bonchev–Trinajstić information content (AvgIpc) is 2.87. The highest BCUT2D eigenvalue weighted by atomic mass is 31.2. The average molecular weight is 446 g/mol. The molecule has 0 aromatic rings. The van der Waals surface area contributed by atoms with Crippen molar-refractivity contribution in [2.24, 2.45) is 0 Å². The summed E-state index contributed by atoms with van der Waals surface area (Å²) in [5.74, 6) is 0. The van der Waals surface area contributed by atoms with E-state index in [-0.39, 0.29) is 16.8 Å². The number of unbranched alkanes of at least 4 members (excludes halogenated alkanes) is 15. The molecule has 0 aromatic heterocycles. The molecule has 0 aliphatic carbocycles. The first-order valence-corrected chi connectivity index (χ1v) is 14.5. The maximum atomic E-state index is 11.9. The Morgan fingerprint density at radius 3 is 1.80 bits per heavy atom. The number of phosphoric ester groups is 1. The second-order valence-corrected chi connectivity index (χ2v) is 11.2. The van der Waals surface area contributed by atoms with Gasteiger partial charge in [0, 0.05) is 19.3 Å². The van der Waals surface area contributed by atoms with Crippen LogP contribution in [0.1, 0.15) is 129 Å². The van der Waals surface area contributed by atoms with Crippen LogP contribution >= 0.6 is 7.82 Å². The topological polar surface area (TPSA) is 58.6 Å². The van der Waals surface area contributed by atoms with Crippen LogP contribution in [0.5, 0.6) is 0 Å². The molecule has 3 saturated heterocycles. The Hall–Kier alpha value is 0.0700. The Balaban J connectivity index is 1.39. The molecule has 4 unspecified atom stereocenters. The lowest BCUT2D eigenvalue weighted by atomic mass is 9.94. The van der Waals surface area contributed by atoms with Gasteiger partial charge in [-0.15, -0.1) is 4.62 Å². The monoisotopic (exact) mass is 445 g/mol. The van der Waals surface area contributed by atoms with Gasteiger partial charge in [-0.2, -0.15) is 4.65 Å². The van der Waals surface area contributed by atoms with Gasteiger partial charge in [-0.25, -0.2) is 0 Å². The van der Waals surface area contributed by atoms with Crippen molar-refractivity contribution in [3.8, 4) is 0 Å². The summed E-state index contributed by atoms with van der Waals surface area (Å²) in [4.78, 5) is 11.9. The zero-order valence-corrected chi connectivity index (χ0v) is 20.7. The molecule has 0 radical (unpaired) electrons. The molecule has 6 heteroatoms. The van der Waals surface area contributed by atoms with Crippen LogP contribution in [0.25, 0.3) is 0 Å². The standard InChI is InChI=1S/C24H48NO4P/c1-3-4-5-6-7-8-9-10-11-12-13-14-15-16-17-18-19-23-22-24-20-21-25(23,2)29-30(26,27)28-24/h23-24H,3-22H2,1-2H3. The molecule has 0 N–H and O–H groups in total. The Kier molecular flexibility index (Phi) is 12.5. The maximum absolute atomic E-state index is 11.9. The molecule has 3 fully saturated rings. The van der Waals surface area contributed by atoms with Gasteiger partial charge in [-0.05, 0) is 6.42 Å². The molecule has 30 heavy (non-hydrogen) atoms. The fourth-order valence-electron chi connectivity index (χ4n) is 5.18. The molecule has 0 saturated carbocycles. The summed E-state index contributed by atoms with van der Waals surface area (Å²) in [6.07, 6.45) is 24.4. The van der Waals surface area contributed by atoms with Gasteiger partial charge in [0.15, 0.2) is 0 Å². The first kappa shape index (κ1) is 26.3. The predicted molar refractivity (Wildman–Crippen MR) is 122 cm³/mol. The number of hydrogen-bond donors (Lipinski definition) is 0. The Labute approximate surface area is 186 Å². The Morgan fingerprint density at radius 2 is 1.30 bits per heavy atom. The van der Waals surface area contributed by atoms with E-state index in [1.807, 2.05) is 7.05 Å². The summed E-state index contributed by atoms with van der Waals surface area (Å²) in [6, 6.07) is 0.250. The van der Waals surface area contributed by atoms with Crippen LogP contribution in [0.15, 0.2) is 0 Å². The number of rotatable bonds is 17. The van der Waals surface area contributed by atoms with E-state index in [9.17, 15) is 9.46 Å². The third-order valence-electron chi connectivity index (χ3n) is 7.16. The minimum atomic E-state index is -4.14. The highest BCUT2D eigenvalue weighted by Crippen LogP contribution is 2.51. The molecular weight excluding hydrogens is 397 g/mol. The molecule has 3 aliphatic heterocycles. The van der Waals surface area contributed by atoms with Crippen molar-refractivity contribution in [2.75, 3.05) is 13.6 Å². The number of piperidine rings is 1. The van der Waals surface area contributed by atoms with Crippen LogP contribution in [-0.4, -0.2) is 30.4 Å². The van der Waals surface area contributed by atoms with Crippen LogP contribution < -0.4 is 4.89 Å². The molecule has 4 atom stereocenters. The first-order chi connectivity index (χ1) is 14.5. The van der Waals surface area contributed by atoms with Crippen LogP contribution in [0.4, 0.5) is 0 Å². The smallest absolute Gasteiger partial charge is 0.325 e. The van der Waals surface area contributed by atoms with Gasteiger partial charge < -0.3 is 9.42 Å². The van der Waals surface area contributed by atoms with Gasteiger partial charge in [0.05, 0.1) is 13.2 Å². The number of quaternary nitrogens is 1. The van der Waals surface area contributed by atoms with E-state index in [0.717, 1.165) is 32.2 Å². The fraction of sp³-hybridized carbons (Fsp3) is 1.00. The summed E-state index contributed by atoms with van der Waals surface area (Å²) in [5, 5.41) is 0. The van der Waals surface area contributed by atoms with Crippen molar-refractivity contribution in [2.45, 2.75) is 141 Å². The van der Waals surface area contributed by atoms with E-state index in [0.29, 0.717) is 0 Å². The molecule has 178 valence electrons. The number of fused-ring (bicyclic) bond motifs is 4. The second-order valence-electron chi connectivity index (χ2n) is 9.92. The lowest BCUT2D eigenvalue weighted by Gasteiger charge is -2.40. The summed E-state index contributed by atoms with van der Waals surface area (Å²) in [5.41, 5.74) is 0. The lowest BCUT2D eigenvalue weighted by molar-refractivity contribution is -1.09. The fourth-order valence-corrected chi connectivity index (χ4v) is 6.45. The van der Waals surface area contributed by atoms with Crippen LogP contribution in [0, 0.1) is 0 Å². The van der Waals surface area contributed by atoms with E-state index in [1.54, 1.807) is 0 Å². The number of hydroxylamine groups is 3.